The number of imidazole rings is 1. The maximum Gasteiger partial charge on any atom is 0.281 e. The number of aromatic nitrogens is 5. The number of hydrogen-bond acceptors (Lipinski definition) is 6. The van der Waals surface area contributed by atoms with E-state index in [0.717, 1.165) is 27.7 Å². The molecule has 0 atom stereocenters. The fourth-order valence-electron chi connectivity index (χ4n) is 4.79. The summed E-state index contributed by atoms with van der Waals surface area (Å²) in [5.41, 5.74) is 4.24. The third kappa shape index (κ3) is 4.04. The van der Waals surface area contributed by atoms with Gasteiger partial charge in [0.25, 0.3) is 5.56 Å². The van der Waals surface area contributed by atoms with Crippen molar-refractivity contribution in [3.05, 3.63) is 106 Å². The number of fused-ring (bicyclic) bond motifs is 2. The zero-order chi connectivity index (χ0) is 26.4. The topological polar surface area (TPSA) is 103 Å². The minimum atomic E-state index is -0.151. The number of pyridine rings is 1. The van der Waals surface area contributed by atoms with Gasteiger partial charge in [0.05, 0.1) is 17.1 Å². The highest BCUT2D eigenvalue weighted by molar-refractivity contribution is 5.87. The Kier molecular flexibility index (Phi) is 5.61. The molecular weight excluding hydrogens is 476 g/mol. The highest BCUT2D eigenvalue weighted by Crippen LogP contribution is 2.26. The van der Waals surface area contributed by atoms with Crippen molar-refractivity contribution >= 4 is 21.8 Å². The summed E-state index contributed by atoms with van der Waals surface area (Å²) < 4.78 is 8.77. The molecule has 8 nitrogen and oxygen atoms in total. The van der Waals surface area contributed by atoms with Gasteiger partial charge in [0.15, 0.2) is 0 Å². The maximum absolute atomic E-state index is 13.8. The number of nitriles is 1. The fraction of sp³-hybridized carbons (Fsp3) is 0.167. The first-order valence-corrected chi connectivity index (χ1v) is 12.4. The first-order chi connectivity index (χ1) is 18.4. The molecule has 0 radical (unpaired) electrons. The van der Waals surface area contributed by atoms with E-state index in [2.05, 4.69) is 54.3 Å². The van der Waals surface area contributed by atoms with E-state index in [1.807, 2.05) is 22.8 Å². The minimum Gasteiger partial charge on any atom is -0.339 e. The molecule has 0 bridgehead atoms. The molecule has 38 heavy (non-hydrogen) atoms. The Morgan fingerprint density at radius 2 is 1.76 bits per heavy atom. The normalized spacial score (nSPS) is 11.4. The summed E-state index contributed by atoms with van der Waals surface area (Å²) in [6.07, 6.45) is 1.74. The highest BCUT2D eigenvalue weighted by Gasteiger charge is 2.18. The summed E-state index contributed by atoms with van der Waals surface area (Å²) in [4.78, 5) is 22.9. The predicted octanol–water partition coefficient (Wildman–Crippen LogP) is 5.74. The lowest BCUT2D eigenvalue weighted by Gasteiger charge is -2.13. The van der Waals surface area contributed by atoms with Crippen molar-refractivity contribution in [1.29, 1.82) is 5.26 Å². The van der Waals surface area contributed by atoms with E-state index in [4.69, 9.17) is 14.8 Å². The highest BCUT2D eigenvalue weighted by atomic mass is 16.5. The van der Waals surface area contributed by atoms with Crippen LogP contribution < -0.4 is 5.56 Å². The average molecular weight is 501 g/mol. The molecule has 0 aliphatic heterocycles. The van der Waals surface area contributed by atoms with Crippen LogP contribution in [0.25, 0.3) is 38.9 Å². The predicted molar refractivity (Wildman–Crippen MR) is 145 cm³/mol. The Hall–Kier alpha value is -5.03. The lowest BCUT2D eigenvalue weighted by molar-refractivity contribution is 0.394. The third-order valence-corrected chi connectivity index (χ3v) is 6.65. The number of hydrogen-bond donors (Lipinski definition) is 0. The molecule has 0 saturated heterocycles. The van der Waals surface area contributed by atoms with Gasteiger partial charge in [-0.2, -0.15) is 10.2 Å². The molecule has 6 aromatic rings. The van der Waals surface area contributed by atoms with E-state index in [1.165, 1.54) is 0 Å². The van der Waals surface area contributed by atoms with Gasteiger partial charge >= 0.3 is 0 Å². The maximum atomic E-state index is 13.8. The van der Waals surface area contributed by atoms with Crippen LogP contribution in [0.5, 0.6) is 0 Å². The van der Waals surface area contributed by atoms with E-state index in [0.29, 0.717) is 40.5 Å². The van der Waals surface area contributed by atoms with Crippen molar-refractivity contribution in [2.75, 3.05) is 0 Å². The van der Waals surface area contributed by atoms with Crippen molar-refractivity contribution in [2.24, 2.45) is 0 Å². The largest absolute Gasteiger partial charge is 0.339 e. The summed E-state index contributed by atoms with van der Waals surface area (Å²) >= 11 is 0. The van der Waals surface area contributed by atoms with Crippen molar-refractivity contribution in [2.45, 2.75) is 33.2 Å². The Morgan fingerprint density at radius 3 is 2.47 bits per heavy atom. The zero-order valence-electron chi connectivity index (χ0n) is 21.2. The molecule has 0 amide bonds. The molecule has 8 heteroatoms. The molecule has 0 spiro atoms. The van der Waals surface area contributed by atoms with Gasteiger partial charge in [0.2, 0.25) is 11.7 Å². The number of aryl methyl sites for hydroxylation is 1. The molecule has 3 heterocycles. The monoisotopic (exact) mass is 500 g/mol. The van der Waals surface area contributed by atoms with Crippen molar-refractivity contribution in [1.82, 2.24) is 24.3 Å². The molecule has 186 valence electrons. The second kappa shape index (κ2) is 9.12. The summed E-state index contributed by atoms with van der Waals surface area (Å²) in [6, 6.07) is 23.3. The van der Waals surface area contributed by atoms with Crippen LogP contribution in [0.1, 0.15) is 42.6 Å². The fourth-order valence-corrected chi connectivity index (χ4v) is 4.79. The van der Waals surface area contributed by atoms with Crippen LogP contribution in [0.3, 0.4) is 0 Å². The van der Waals surface area contributed by atoms with E-state index < -0.39 is 0 Å². The zero-order valence-corrected chi connectivity index (χ0v) is 21.2. The van der Waals surface area contributed by atoms with Gasteiger partial charge in [-0.15, -0.1) is 0 Å². The van der Waals surface area contributed by atoms with Gasteiger partial charge in [-0.3, -0.25) is 9.36 Å². The Balaban J connectivity index is 1.46. The SMILES string of the molecule is Cc1nc(-c2ccc3ccc(Cn4c(C(C)C)nc5ccn(-c6ccc(C#N)cc6)c(=O)c54)cc3c2)no1. The van der Waals surface area contributed by atoms with Crippen molar-refractivity contribution in [3.8, 4) is 23.1 Å². The first kappa shape index (κ1) is 23.4. The molecular formula is C30H24N6O2. The number of nitrogens with zero attached hydrogens (tertiary/aromatic N) is 6. The Morgan fingerprint density at radius 1 is 0.974 bits per heavy atom. The smallest absolute Gasteiger partial charge is 0.281 e. The van der Waals surface area contributed by atoms with E-state index in [9.17, 15) is 4.79 Å². The van der Waals surface area contributed by atoms with Crippen LogP contribution in [0.2, 0.25) is 0 Å². The molecule has 6 rings (SSSR count). The van der Waals surface area contributed by atoms with E-state index in [-0.39, 0.29) is 11.5 Å². The van der Waals surface area contributed by atoms with Crippen molar-refractivity contribution in [3.63, 3.8) is 0 Å². The van der Waals surface area contributed by atoms with Gasteiger partial charge < -0.3 is 9.09 Å². The Labute approximate surface area is 218 Å². The van der Waals surface area contributed by atoms with Crippen LogP contribution in [-0.4, -0.2) is 24.3 Å². The molecule has 0 aliphatic rings. The molecule has 3 aromatic carbocycles. The molecule has 0 fully saturated rings. The average Bonchev–Trinajstić information content (AvgIpc) is 3.53. The second-order valence-corrected chi connectivity index (χ2v) is 9.63. The number of benzene rings is 3. The number of rotatable bonds is 5. The van der Waals surface area contributed by atoms with Crippen LogP contribution in [0.4, 0.5) is 0 Å². The Bertz CT molecular complexity index is 1920. The lowest BCUT2D eigenvalue weighted by atomic mass is 10.0. The van der Waals surface area contributed by atoms with Crippen LogP contribution in [-0.2, 0) is 6.54 Å². The third-order valence-electron chi connectivity index (χ3n) is 6.65. The standard InChI is InChI=1S/C30H24N6O2/c1-18(2)29-33-26-12-13-35(25-10-5-20(16-31)6-11-25)30(37)27(26)36(29)17-21-4-7-22-8-9-23(15-24(22)14-21)28-32-19(3)38-34-28/h4-15,18H,17H2,1-3H3. The first-order valence-electron chi connectivity index (χ1n) is 12.4. The molecule has 0 aliphatic carbocycles. The van der Waals surface area contributed by atoms with Gasteiger partial charge in [-0.1, -0.05) is 43.3 Å². The van der Waals surface area contributed by atoms with Gasteiger partial charge in [0, 0.05) is 36.8 Å². The molecule has 0 saturated carbocycles. The molecule has 3 aromatic heterocycles. The summed E-state index contributed by atoms with van der Waals surface area (Å²) in [7, 11) is 0. The second-order valence-electron chi connectivity index (χ2n) is 9.63. The molecule has 0 unspecified atom stereocenters. The van der Waals surface area contributed by atoms with Gasteiger partial charge in [-0.05, 0) is 58.8 Å². The quantitative estimate of drug-likeness (QED) is 0.299. The molecule has 0 N–H and O–H groups in total. The van der Waals surface area contributed by atoms with Gasteiger partial charge in [0.1, 0.15) is 11.3 Å². The minimum absolute atomic E-state index is 0.124. The summed E-state index contributed by atoms with van der Waals surface area (Å²) in [5.74, 6) is 2.05. The van der Waals surface area contributed by atoms with Crippen LogP contribution in [0, 0.1) is 18.3 Å². The van der Waals surface area contributed by atoms with E-state index >= 15 is 0 Å². The van der Waals surface area contributed by atoms with Crippen LogP contribution in [0.15, 0.2) is 82.2 Å². The lowest BCUT2D eigenvalue weighted by Crippen LogP contribution is -2.21. The summed E-state index contributed by atoms with van der Waals surface area (Å²) in [6.45, 7) is 6.43. The van der Waals surface area contributed by atoms with Crippen LogP contribution >= 0.6 is 0 Å². The van der Waals surface area contributed by atoms with E-state index in [1.54, 1.807) is 42.0 Å². The van der Waals surface area contributed by atoms with Gasteiger partial charge in [-0.25, -0.2) is 4.98 Å². The van der Waals surface area contributed by atoms with Crippen molar-refractivity contribution < 1.29 is 4.52 Å². The summed E-state index contributed by atoms with van der Waals surface area (Å²) in [5, 5.41) is 15.3.